The van der Waals surface area contributed by atoms with Gasteiger partial charge in [-0.3, -0.25) is 9.79 Å². The molecule has 3 heterocycles. The quantitative estimate of drug-likeness (QED) is 0.778. The van der Waals surface area contributed by atoms with Crippen molar-refractivity contribution in [2.45, 2.75) is 19.1 Å². The first-order valence-corrected chi connectivity index (χ1v) is 9.13. The number of hydrogen-bond donors (Lipinski definition) is 0. The Bertz CT molecular complexity index is 869. The third kappa shape index (κ3) is 3.48. The molecular weight excluding hydrogens is 371 g/mol. The molecular formula is C19H20F3N5O. The van der Waals surface area contributed by atoms with Crippen LogP contribution in [-0.4, -0.2) is 71.5 Å². The van der Waals surface area contributed by atoms with E-state index in [0.717, 1.165) is 30.3 Å². The summed E-state index contributed by atoms with van der Waals surface area (Å²) >= 11 is 0. The number of benzene rings is 1. The summed E-state index contributed by atoms with van der Waals surface area (Å²) in [5.41, 5.74) is -0.752. The predicted octanol–water partition coefficient (Wildman–Crippen LogP) is 2.45. The van der Waals surface area contributed by atoms with Crippen molar-refractivity contribution in [2.24, 2.45) is 9.98 Å². The Morgan fingerprint density at radius 2 is 1.93 bits per heavy atom. The molecule has 9 heteroatoms. The van der Waals surface area contributed by atoms with Crippen LogP contribution in [0.1, 0.15) is 22.8 Å². The van der Waals surface area contributed by atoms with E-state index in [1.54, 1.807) is 11.2 Å². The van der Waals surface area contributed by atoms with Gasteiger partial charge in [-0.25, -0.2) is 4.99 Å². The molecule has 4 rings (SSSR count). The smallest absolute Gasteiger partial charge is 0.353 e. The van der Waals surface area contributed by atoms with Crippen LogP contribution < -0.4 is 0 Å². The number of hydrogen-bond acceptors (Lipinski definition) is 5. The van der Waals surface area contributed by atoms with Crippen LogP contribution in [0.15, 0.2) is 46.1 Å². The molecule has 1 saturated heterocycles. The molecule has 1 aromatic rings. The second-order valence-corrected chi connectivity index (χ2v) is 7.06. The zero-order chi connectivity index (χ0) is 19.9. The lowest BCUT2D eigenvalue weighted by atomic mass is 10.1. The highest BCUT2D eigenvalue weighted by Crippen LogP contribution is 2.30. The van der Waals surface area contributed by atoms with E-state index in [0.29, 0.717) is 32.2 Å². The molecule has 0 bridgehead atoms. The minimum absolute atomic E-state index is 0.0584. The number of halogens is 3. The molecule has 0 aromatic heterocycles. The monoisotopic (exact) mass is 391 g/mol. The highest BCUT2D eigenvalue weighted by molar-refractivity contribution is 6.03. The van der Waals surface area contributed by atoms with Gasteiger partial charge in [0.05, 0.1) is 24.5 Å². The molecule has 0 unspecified atom stereocenters. The average molecular weight is 391 g/mol. The molecule has 0 N–H and O–H groups in total. The maximum Gasteiger partial charge on any atom is 0.416 e. The first kappa shape index (κ1) is 18.5. The van der Waals surface area contributed by atoms with Gasteiger partial charge in [-0.1, -0.05) is 6.07 Å². The Labute approximate surface area is 160 Å². The number of piperazine rings is 1. The number of nitrogens with zero attached hydrogens (tertiary/aromatic N) is 5. The summed E-state index contributed by atoms with van der Waals surface area (Å²) in [7, 11) is 0. The van der Waals surface area contributed by atoms with E-state index in [2.05, 4.69) is 21.8 Å². The normalized spacial score (nSPS) is 22.1. The van der Waals surface area contributed by atoms with Gasteiger partial charge < -0.3 is 14.7 Å². The Kier molecular flexibility index (Phi) is 4.60. The fraction of sp³-hybridized carbons (Fsp3) is 0.421. The third-order valence-electron chi connectivity index (χ3n) is 5.16. The first-order valence-electron chi connectivity index (χ1n) is 9.13. The van der Waals surface area contributed by atoms with Crippen LogP contribution >= 0.6 is 0 Å². The maximum atomic E-state index is 12.9. The Morgan fingerprint density at radius 1 is 1.18 bits per heavy atom. The van der Waals surface area contributed by atoms with E-state index in [1.807, 2.05) is 11.0 Å². The molecule has 0 radical (unpaired) electrons. The molecule has 1 amide bonds. The summed E-state index contributed by atoms with van der Waals surface area (Å²) in [4.78, 5) is 27.3. The molecule has 1 aromatic carbocycles. The van der Waals surface area contributed by atoms with E-state index in [-0.39, 0.29) is 11.5 Å². The van der Waals surface area contributed by atoms with Gasteiger partial charge in [0, 0.05) is 37.8 Å². The SMILES string of the molecule is C[C@H]1CN=C2C=C(N3CCN(C(=O)c4cccc(C(F)(F)F)c4)CC3)N=CN21. The van der Waals surface area contributed by atoms with Crippen LogP contribution in [0.5, 0.6) is 0 Å². The third-order valence-corrected chi connectivity index (χ3v) is 5.16. The van der Waals surface area contributed by atoms with Crippen molar-refractivity contribution in [1.29, 1.82) is 0 Å². The van der Waals surface area contributed by atoms with Crippen molar-refractivity contribution in [3.63, 3.8) is 0 Å². The minimum atomic E-state index is -4.46. The molecule has 3 aliphatic rings. The van der Waals surface area contributed by atoms with Crippen molar-refractivity contribution in [1.82, 2.24) is 14.7 Å². The molecule has 1 fully saturated rings. The number of rotatable bonds is 2. The van der Waals surface area contributed by atoms with E-state index >= 15 is 0 Å². The van der Waals surface area contributed by atoms with Crippen LogP contribution in [0.3, 0.4) is 0 Å². The van der Waals surface area contributed by atoms with Crippen LogP contribution in [0.4, 0.5) is 13.2 Å². The largest absolute Gasteiger partial charge is 0.416 e. The van der Waals surface area contributed by atoms with Gasteiger partial charge in [0.25, 0.3) is 5.91 Å². The standard InChI is InChI=1S/C19H20F3N5O/c1-13-11-23-17-10-16(24-12-27(13)17)25-5-7-26(8-6-25)18(28)14-3-2-4-15(9-14)19(20,21)22/h2-4,9-10,12-13H,5-8,11H2,1H3/t13-/m0/s1. The predicted molar refractivity (Wildman–Crippen MR) is 99.1 cm³/mol. The molecule has 1 atom stereocenters. The lowest BCUT2D eigenvalue weighted by Gasteiger charge is -2.37. The van der Waals surface area contributed by atoms with Gasteiger partial charge in [0.15, 0.2) is 0 Å². The zero-order valence-corrected chi connectivity index (χ0v) is 15.4. The highest BCUT2D eigenvalue weighted by Gasteiger charge is 2.32. The second kappa shape index (κ2) is 6.96. The fourth-order valence-electron chi connectivity index (χ4n) is 3.51. The highest BCUT2D eigenvalue weighted by atomic mass is 19.4. The van der Waals surface area contributed by atoms with Crippen LogP contribution in [0, 0.1) is 0 Å². The topological polar surface area (TPSA) is 51.5 Å². The molecule has 0 aliphatic carbocycles. The van der Waals surface area contributed by atoms with E-state index < -0.39 is 11.7 Å². The number of amides is 1. The zero-order valence-electron chi connectivity index (χ0n) is 15.4. The minimum Gasteiger partial charge on any atom is -0.353 e. The van der Waals surface area contributed by atoms with Crippen molar-refractivity contribution in [2.75, 3.05) is 32.7 Å². The lowest BCUT2D eigenvalue weighted by Crippen LogP contribution is -2.48. The summed E-state index contributed by atoms with van der Waals surface area (Å²) in [5.74, 6) is 1.31. The second-order valence-electron chi connectivity index (χ2n) is 7.06. The van der Waals surface area contributed by atoms with Gasteiger partial charge >= 0.3 is 6.18 Å². The van der Waals surface area contributed by atoms with Gasteiger partial charge in [-0.15, -0.1) is 0 Å². The summed E-state index contributed by atoms with van der Waals surface area (Å²) in [6.07, 6.45) is -0.742. The molecule has 28 heavy (non-hydrogen) atoms. The lowest BCUT2D eigenvalue weighted by molar-refractivity contribution is -0.137. The van der Waals surface area contributed by atoms with Crippen molar-refractivity contribution >= 4 is 18.1 Å². The van der Waals surface area contributed by atoms with E-state index in [4.69, 9.17) is 0 Å². The average Bonchev–Trinajstić information content (AvgIpc) is 3.07. The Balaban J connectivity index is 1.40. The number of aliphatic imine (C=N–C) groups is 2. The van der Waals surface area contributed by atoms with E-state index in [9.17, 15) is 18.0 Å². The molecule has 148 valence electrons. The van der Waals surface area contributed by atoms with Crippen molar-refractivity contribution in [3.05, 3.63) is 47.3 Å². The number of amidine groups is 1. The Hall–Kier alpha value is -2.84. The summed E-state index contributed by atoms with van der Waals surface area (Å²) < 4.78 is 38.7. The fourth-order valence-corrected chi connectivity index (χ4v) is 3.51. The summed E-state index contributed by atoms with van der Waals surface area (Å²) in [6.45, 7) is 4.81. The van der Waals surface area contributed by atoms with E-state index in [1.165, 1.54) is 12.1 Å². The van der Waals surface area contributed by atoms with Crippen LogP contribution in [0.25, 0.3) is 0 Å². The maximum absolute atomic E-state index is 12.9. The number of alkyl halides is 3. The van der Waals surface area contributed by atoms with Crippen molar-refractivity contribution < 1.29 is 18.0 Å². The van der Waals surface area contributed by atoms with Gasteiger partial charge in [0.1, 0.15) is 11.7 Å². The summed E-state index contributed by atoms with van der Waals surface area (Å²) in [5, 5.41) is 0. The first-order chi connectivity index (χ1) is 13.3. The molecule has 6 nitrogen and oxygen atoms in total. The van der Waals surface area contributed by atoms with Crippen LogP contribution in [0.2, 0.25) is 0 Å². The van der Waals surface area contributed by atoms with Gasteiger partial charge in [-0.2, -0.15) is 13.2 Å². The number of fused-ring (bicyclic) bond motifs is 1. The molecule has 0 spiro atoms. The van der Waals surface area contributed by atoms with Crippen LogP contribution in [-0.2, 0) is 6.18 Å². The number of carbonyl (C=O) groups excluding carboxylic acids is 1. The molecule has 3 aliphatic heterocycles. The van der Waals surface area contributed by atoms with Crippen molar-refractivity contribution in [3.8, 4) is 0 Å². The number of carbonyl (C=O) groups is 1. The van der Waals surface area contributed by atoms with Gasteiger partial charge in [0.2, 0.25) is 0 Å². The van der Waals surface area contributed by atoms with Gasteiger partial charge in [-0.05, 0) is 25.1 Å². The Morgan fingerprint density at radius 3 is 2.64 bits per heavy atom. The summed E-state index contributed by atoms with van der Waals surface area (Å²) in [6, 6.07) is 4.88. The molecule has 0 saturated carbocycles.